The van der Waals surface area contributed by atoms with Gasteiger partial charge in [0.25, 0.3) is 0 Å². The zero-order valence-electron chi connectivity index (χ0n) is 26.1. The van der Waals surface area contributed by atoms with Crippen molar-refractivity contribution in [1.29, 1.82) is 0 Å². The van der Waals surface area contributed by atoms with Crippen LogP contribution in [-0.2, 0) is 34.3 Å². The molecule has 0 saturated carbocycles. The molecule has 2 aliphatic heterocycles. The van der Waals surface area contributed by atoms with E-state index in [0.29, 0.717) is 39.3 Å². The molecule has 0 aliphatic carbocycles. The van der Waals surface area contributed by atoms with Crippen LogP contribution < -0.4 is 0 Å². The van der Waals surface area contributed by atoms with Crippen molar-refractivity contribution in [3.63, 3.8) is 0 Å². The third-order valence-corrected chi connectivity index (χ3v) is 12.2. The van der Waals surface area contributed by atoms with Crippen LogP contribution >= 0.6 is 0 Å². The monoisotopic (exact) mass is 624 g/mol. The maximum atomic E-state index is 12.9. The molecule has 2 heterocycles. The molecule has 0 aromatic heterocycles. The average Bonchev–Trinajstić information content (AvgIpc) is 3.62. The van der Waals surface area contributed by atoms with Gasteiger partial charge in [-0.15, -0.1) is 0 Å². The van der Waals surface area contributed by atoms with Crippen molar-refractivity contribution in [2.75, 3.05) is 57.8 Å². The van der Waals surface area contributed by atoms with Crippen LogP contribution in [0.4, 0.5) is 0 Å². The summed E-state index contributed by atoms with van der Waals surface area (Å²) in [6, 6.07) is -0.316. The minimum atomic E-state index is -3.35. The molecule has 11 heteroatoms. The van der Waals surface area contributed by atoms with Crippen molar-refractivity contribution in [3.05, 3.63) is 0 Å². The Morgan fingerprint density at radius 3 is 1.54 bits per heavy atom. The first-order chi connectivity index (χ1) is 19.8. The molecule has 2 atom stereocenters. The Bertz CT molecular complexity index is 800. The molecule has 0 unspecified atom stereocenters. The summed E-state index contributed by atoms with van der Waals surface area (Å²) in [5.74, 6) is 0.311. The van der Waals surface area contributed by atoms with E-state index in [1.807, 2.05) is 0 Å². The largest absolute Gasteiger partial charge is 0.381 e. The molecule has 2 saturated heterocycles. The quantitative estimate of drug-likeness (QED) is 0.0900. The Balaban J connectivity index is 1.60. The first-order valence-corrected chi connectivity index (χ1v) is 19.8. The van der Waals surface area contributed by atoms with Crippen LogP contribution in [-0.4, -0.2) is 95.3 Å². The third-order valence-electron chi connectivity index (χ3n) is 8.24. The Kier molecular flexibility index (Phi) is 19.3. The van der Waals surface area contributed by atoms with Crippen LogP contribution in [0, 0.1) is 0 Å². The molecule has 0 aromatic carbocycles. The summed E-state index contributed by atoms with van der Waals surface area (Å²) in [5, 5.41) is 0. The molecule has 0 N–H and O–H groups in total. The summed E-state index contributed by atoms with van der Waals surface area (Å²) in [5.41, 5.74) is 0. The van der Waals surface area contributed by atoms with Gasteiger partial charge < -0.3 is 14.2 Å². The van der Waals surface area contributed by atoms with Crippen molar-refractivity contribution in [2.24, 2.45) is 0 Å². The zero-order chi connectivity index (χ0) is 29.8. The Morgan fingerprint density at radius 1 is 0.561 bits per heavy atom. The number of hydrogen-bond acceptors (Lipinski definition) is 7. The van der Waals surface area contributed by atoms with Crippen molar-refractivity contribution >= 4 is 20.0 Å². The van der Waals surface area contributed by atoms with Gasteiger partial charge in [-0.1, -0.05) is 78.1 Å². The van der Waals surface area contributed by atoms with Gasteiger partial charge in [0.1, 0.15) is 6.79 Å². The standard InChI is InChI=1S/C30H60N2O7S2/c1-3-5-7-9-10-11-12-14-24-40(33,34)31-20-15-18-29(31)26-38-28-39-27-30-19-16-21-32(30)41(35,36)25-17-23-37-22-13-8-6-4-2/h29-30H,3-28H2,1-2H3/t29-,30-/m0/s1. The normalized spacial score (nSPS) is 20.8. The fourth-order valence-electron chi connectivity index (χ4n) is 5.84. The van der Waals surface area contributed by atoms with Crippen LogP contribution in [0.2, 0.25) is 0 Å². The van der Waals surface area contributed by atoms with Crippen molar-refractivity contribution < 1.29 is 31.0 Å². The smallest absolute Gasteiger partial charge is 0.214 e. The Hall–Kier alpha value is -0.300. The van der Waals surface area contributed by atoms with Gasteiger partial charge in [0.15, 0.2) is 0 Å². The number of nitrogens with zero attached hydrogens (tertiary/aromatic N) is 2. The van der Waals surface area contributed by atoms with Gasteiger partial charge in [-0.25, -0.2) is 16.8 Å². The van der Waals surface area contributed by atoms with E-state index in [4.69, 9.17) is 14.2 Å². The highest BCUT2D eigenvalue weighted by atomic mass is 32.2. The second-order valence-corrected chi connectivity index (χ2v) is 15.9. The Labute approximate surface area is 252 Å². The molecule has 2 aliphatic rings. The maximum Gasteiger partial charge on any atom is 0.214 e. The van der Waals surface area contributed by atoms with Crippen LogP contribution in [0.25, 0.3) is 0 Å². The Morgan fingerprint density at radius 2 is 1.00 bits per heavy atom. The molecular weight excluding hydrogens is 564 g/mol. The lowest BCUT2D eigenvalue weighted by molar-refractivity contribution is -0.0707. The minimum Gasteiger partial charge on any atom is -0.381 e. The van der Waals surface area contributed by atoms with Gasteiger partial charge in [-0.3, -0.25) is 0 Å². The van der Waals surface area contributed by atoms with Crippen LogP contribution in [0.15, 0.2) is 0 Å². The van der Waals surface area contributed by atoms with Gasteiger partial charge in [-0.05, 0) is 44.9 Å². The highest BCUT2D eigenvalue weighted by Crippen LogP contribution is 2.24. The van der Waals surface area contributed by atoms with E-state index in [1.165, 1.54) is 44.9 Å². The molecule has 2 fully saturated rings. The first kappa shape index (κ1) is 36.9. The van der Waals surface area contributed by atoms with Gasteiger partial charge in [0.05, 0.1) is 24.7 Å². The molecule has 2 rings (SSSR count). The van der Waals surface area contributed by atoms with Gasteiger partial charge in [0.2, 0.25) is 20.0 Å². The first-order valence-electron chi connectivity index (χ1n) is 16.5. The lowest BCUT2D eigenvalue weighted by Gasteiger charge is -2.25. The third kappa shape index (κ3) is 14.8. The van der Waals surface area contributed by atoms with Crippen molar-refractivity contribution in [2.45, 2.75) is 135 Å². The van der Waals surface area contributed by atoms with Crippen LogP contribution in [0.1, 0.15) is 123 Å². The number of unbranched alkanes of at least 4 members (excludes halogenated alkanes) is 10. The van der Waals surface area contributed by atoms with Gasteiger partial charge >= 0.3 is 0 Å². The number of hydrogen-bond donors (Lipinski definition) is 0. The molecule has 0 bridgehead atoms. The second kappa shape index (κ2) is 21.4. The molecule has 0 radical (unpaired) electrons. The topological polar surface area (TPSA) is 102 Å². The van der Waals surface area contributed by atoms with E-state index in [1.54, 1.807) is 8.61 Å². The molecular formula is C30H60N2O7S2. The highest BCUT2D eigenvalue weighted by Gasteiger charge is 2.35. The highest BCUT2D eigenvalue weighted by molar-refractivity contribution is 7.89. The molecule has 0 amide bonds. The van der Waals surface area contributed by atoms with Gasteiger partial charge in [0, 0.05) is 38.4 Å². The van der Waals surface area contributed by atoms with Crippen molar-refractivity contribution in [3.8, 4) is 0 Å². The molecule has 0 aromatic rings. The molecule has 9 nitrogen and oxygen atoms in total. The summed E-state index contributed by atoms with van der Waals surface area (Å²) in [4.78, 5) is 0. The summed E-state index contributed by atoms with van der Waals surface area (Å²) in [6.07, 6.45) is 17.4. The fraction of sp³-hybridized carbons (Fsp3) is 1.00. The lowest BCUT2D eigenvalue weighted by Crippen LogP contribution is -2.40. The predicted molar refractivity (Wildman–Crippen MR) is 166 cm³/mol. The van der Waals surface area contributed by atoms with Crippen LogP contribution in [0.5, 0.6) is 0 Å². The summed E-state index contributed by atoms with van der Waals surface area (Å²) >= 11 is 0. The average molecular weight is 625 g/mol. The van der Waals surface area contributed by atoms with Gasteiger partial charge in [-0.2, -0.15) is 8.61 Å². The summed E-state index contributed by atoms with van der Waals surface area (Å²) in [7, 11) is -6.62. The second-order valence-electron chi connectivity index (χ2n) is 11.8. The predicted octanol–water partition coefficient (Wildman–Crippen LogP) is 5.69. The zero-order valence-corrected chi connectivity index (χ0v) is 27.7. The number of sulfonamides is 2. The molecule has 41 heavy (non-hydrogen) atoms. The lowest BCUT2D eigenvalue weighted by atomic mass is 10.1. The summed E-state index contributed by atoms with van der Waals surface area (Å²) in [6.45, 7) is 7.29. The number of rotatable bonds is 26. The van der Waals surface area contributed by atoms with Crippen LogP contribution in [0.3, 0.4) is 0 Å². The van der Waals surface area contributed by atoms with E-state index >= 15 is 0 Å². The molecule has 244 valence electrons. The fourth-order valence-corrected chi connectivity index (χ4v) is 9.42. The SMILES string of the molecule is CCCCCCCCCCS(=O)(=O)N1CCC[C@H]1COCOC[C@@H]1CCCN1S(=O)(=O)CCCOCCCCCC. The van der Waals surface area contributed by atoms with E-state index in [0.717, 1.165) is 57.8 Å². The maximum absolute atomic E-state index is 12.9. The van der Waals surface area contributed by atoms with E-state index in [-0.39, 0.29) is 37.0 Å². The van der Waals surface area contributed by atoms with E-state index in [9.17, 15) is 16.8 Å². The minimum absolute atomic E-state index is 0.0404. The number of ether oxygens (including phenoxy) is 3. The molecule has 0 spiro atoms. The van der Waals surface area contributed by atoms with Crippen molar-refractivity contribution in [1.82, 2.24) is 8.61 Å². The van der Waals surface area contributed by atoms with E-state index in [2.05, 4.69) is 13.8 Å². The van der Waals surface area contributed by atoms with E-state index < -0.39 is 20.0 Å². The summed E-state index contributed by atoms with van der Waals surface area (Å²) < 4.78 is 72.0.